The Morgan fingerprint density at radius 1 is 1.50 bits per heavy atom. The van der Waals surface area contributed by atoms with E-state index in [0.717, 1.165) is 11.5 Å². The summed E-state index contributed by atoms with van der Waals surface area (Å²) in [6, 6.07) is 0. The lowest BCUT2D eigenvalue weighted by Gasteiger charge is -2.31. The number of hydrogen-bond acceptors (Lipinski definition) is 6. The Morgan fingerprint density at radius 3 is 2.55 bits per heavy atom. The monoisotopic (exact) mass is 299 g/mol. The molecule has 112 valence electrons. The molecule has 0 saturated heterocycles. The SMILES string of the molecule is CCC(CC)(NC(=O)c1snnc1C(C)C)C(N)=NO. The Hall–Kier alpha value is -1.70. The Bertz CT molecular complexity index is 494. The molecule has 7 nitrogen and oxygen atoms in total. The molecule has 0 atom stereocenters. The summed E-state index contributed by atoms with van der Waals surface area (Å²) in [5.41, 5.74) is 5.53. The minimum absolute atomic E-state index is 0.000536. The van der Waals surface area contributed by atoms with Gasteiger partial charge in [-0.25, -0.2) is 0 Å². The van der Waals surface area contributed by atoms with Crippen LogP contribution in [0.5, 0.6) is 0 Å². The number of carbonyl (C=O) groups excluding carboxylic acids is 1. The largest absolute Gasteiger partial charge is 0.409 e. The van der Waals surface area contributed by atoms with Gasteiger partial charge in [-0.1, -0.05) is 37.3 Å². The quantitative estimate of drug-likeness (QED) is 0.320. The van der Waals surface area contributed by atoms with Crippen molar-refractivity contribution in [3.63, 3.8) is 0 Å². The fourth-order valence-corrected chi connectivity index (χ4v) is 2.67. The van der Waals surface area contributed by atoms with Crippen LogP contribution in [0.3, 0.4) is 0 Å². The zero-order valence-corrected chi connectivity index (χ0v) is 13.0. The molecule has 0 radical (unpaired) electrons. The summed E-state index contributed by atoms with van der Waals surface area (Å²) in [5.74, 6) is -0.186. The standard InChI is InChI=1S/C12H21N5O2S/c1-5-12(6-2,11(13)16-19)14-10(18)9-8(7(3)4)15-17-20-9/h7,19H,5-6H2,1-4H3,(H2,13,16)(H,14,18). The molecule has 0 fully saturated rings. The van der Waals surface area contributed by atoms with Crippen molar-refractivity contribution in [2.75, 3.05) is 0 Å². The topological polar surface area (TPSA) is 113 Å². The first-order valence-corrected chi connectivity index (χ1v) is 7.31. The molecule has 1 rings (SSSR count). The lowest BCUT2D eigenvalue weighted by Crippen LogP contribution is -2.56. The van der Waals surface area contributed by atoms with Crippen molar-refractivity contribution in [3.8, 4) is 0 Å². The van der Waals surface area contributed by atoms with E-state index >= 15 is 0 Å². The molecule has 0 bridgehead atoms. The van der Waals surface area contributed by atoms with E-state index in [9.17, 15) is 4.79 Å². The lowest BCUT2D eigenvalue weighted by atomic mass is 9.91. The second-order valence-corrected chi connectivity index (χ2v) is 5.62. The van der Waals surface area contributed by atoms with Crippen LogP contribution in [-0.2, 0) is 0 Å². The molecule has 1 aromatic rings. The van der Waals surface area contributed by atoms with Gasteiger partial charge in [0.15, 0.2) is 5.84 Å². The van der Waals surface area contributed by atoms with Crippen LogP contribution in [0.1, 0.15) is 61.8 Å². The van der Waals surface area contributed by atoms with Gasteiger partial charge in [0, 0.05) is 0 Å². The second kappa shape index (κ2) is 6.65. The highest BCUT2D eigenvalue weighted by Gasteiger charge is 2.35. The van der Waals surface area contributed by atoms with E-state index < -0.39 is 5.54 Å². The minimum atomic E-state index is -0.857. The first-order valence-electron chi connectivity index (χ1n) is 6.54. The van der Waals surface area contributed by atoms with Gasteiger partial charge in [0.2, 0.25) is 0 Å². The average molecular weight is 299 g/mol. The Labute approximate surface area is 122 Å². The van der Waals surface area contributed by atoms with Crippen LogP contribution >= 0.6 is 11.5 Å². The molecule has 1 aromatic heterocycles. The number of amidine groups is 1. The van der Waals surface area contributed by atoms with Crippen molar-refractivity contribution >= 4 is 23.3 Å². The van der Waals surface area contributed by atoms with Gasteiger partial charge in [-0.15, -0.1) is 5.10 Å². The number of rotatable bonds is 6. The molecule has 0 unspecified atom stereocenters. The summed E-state index contributed by atoms with van der Waals surface area (Å²) < 4.78 is 3.83. The number of carbonyl (C=O) groups is 1. The fraction of sp³-hybridized carbons (Fsp3) is 0.667. The molecule has 0 aromatic carbocycles. The van der Waals surface area contributed by atoms with E-state index in [1.807, 2.05) is 27.7 Å². The third kappa shape index (κ3) is 3.06. The third-order valence-corrected chi connectivity index (χ3v) is 4.16. The van der Waals surface area contributed by atoms with Crippen molar-refractivity contribution in [1.29, 1.82) is 0 Å². The maximum Gasteiger partial charge on any atom is 0.265 e. The summed E-state index contributed by atoms with van der Waals surface area (Å²) in [6.07, 6.45) is 1.04. The van der Waals surface area contributed by atoms with E-state index in [0.29, 0.717) is 23.4 Å². The molecule has 0 aliphatic heterocycles. The Balaban J connectivity index is 3.06. The van der Waals surface area contributed by atoms with Crippen molar-refractivity contribution in [2.24, 2.45) is 10.9 Å². The number of nitrogens with one attached hydrogen (secondary N) is 1. The van der Waals surface area contributed by atoms with Gasteiger partial charge >= 0.3 is 0 Å². The normalized spacial score (nSPS) is 12.8. The number of aromatic nitrogens is 2. The Morgan fingerprint density at radius 2 is 2.10 bits per heavy atom. The van der Waals surface area contributed by atoms with Gasteiger partial charge in [0.25, 0.3) is 5.91 Å². The van der Waals surface area contributed by atoms with E-state index in [-0.39, 0.29) is 17.7 Å². The Kier molecular flexibility index (Phi) is 5.43. The van der Waals surface area contributed by atoms with Crippen LogP contribution in [0, 0.1) is 0 Å². The predicted molar refractivity (Wildman–Crippen MR) is 78.2 cm³/mol. The molecule has 8 heteroatoms. The lowest BCUT2D eigenvalue weighted by molar-refractivity contribution is 0.0920. The summed E-state index contributed by atoms with van der Waals surface area (Å²) in [4.78, 5) is 12.9. The maximum atomic E-state index is 12.4. The van der Waals surface area contributed by atoms with Crippen LogP contribution in [0.4, 0.5) is 0 Å². The average Bonchev–Trinajstić information content (AvgIpc) is 2.93. The zero-order valence-electron chi connectivity index (χ0n) is 12.2. The van der Waals surface area contributed by atoms with Gasteiger partial charge in [-0.2, -0.15) is 0 Å². The van der Waals surface area contributed by atoms with Gasteiger partial charge in [0.1, 0.15) is 10.4 Å². The van der Waals surface area contributed by atoms with Crippen molar-refractivity contribution in [1.82, 2.24) is 14.9 Å². The van der Waals surface area contributed by atoms with Crippen molar-refractivity contribution < 1.29 is 10.0 Å². The highest BCUT2D eigenvalue weighted by molar-refractivity contribution is 7.08. The summed E-state index contributed by atoms with van der Waals surface area (Å²) >= 11 is 1.05. The highest BCUT2D eigenvalue weighted by Crippen LogP contribution is 2.22. The predicted octanol–water partition coefficient (Wildman–Crippen LogP) is 1.70. The van der Waals surface area contributed by atoms with Crippen LogP contribution < -0.4 is 11.1 Å². The van der Waals surface area contributed by atoms with E-state index in [1.165, 1.54) is 0 Å². The van der Waals surface area contributed by atoms with Gasteiger partial charge in [-0.05, 0) is 30.3 Å². The molecule has 20 heavy (non-hydrogen) atoms. The maximum absolute atomic E-state index is 12.4. The molecule has 0 saturated carbocycles. The summed E-state index contributed by atoms with van der Waals surface area (Å²) in [6.45, 7) is 7.64. The van der Waals surface area contributed by atoms with Gasteiger partial charge < -0.3 is 16.3 Å². The second-order valence-electron chi connectivity index (χ2n) is 4.87. The van der Waals surface area contributed by atoms with E-state index in [2.05, 4.69) is 20.1 Å². The number of nitrogens with two attached hydrogens (primary N) is 1. The molecular formula is C12H21N5O2S. The van der Waals surface area contributed by atoms with Crippen molar-refractivity contribution in [3.05, 3.63) is 10.6 Å². The van der Waals surface area contributed by atoms with E-state index in [4.69, 9.17) is 10.9 Å². The number of oxime groups is 1. The summed E-state index contributed by atoms with van der Waals surface area (Å²) in [7, 11) is 0. The minimum Gasteiger partial charge on any atom is -0.409 e. The van der Waals surface area contributed by atoms with Crippen LogP contribution in [0.15, 0.2) is 5.16 Å². The number of nitrogens with zero attached hydrogens (tertiary/aromatic N) is 3. The fourth-order valence-electron chi connectivity index (χ4n) is 1.96. The molecule has 1 heterocycles. The molecule has 0 spiro atoms. The molecule has 4 N–H and O–H groups in total. The first-order chi connectivity index (χ1) is 9.41. The zero-order chi connectivity index (χ0) is 15.3. The van der Waals surface area contributed by atoms with Gasteiger partial charge in [-0.3, -0.25) is 4.79 Å². The van der Waals surface area contributed by atoms with E-state index in [1.54, 1.807) is 0 Å². The first kappa shape index (κ1) is 16.4. The van der Waals surface area contributed by atoms with Gasteiger partial charge in [0.05, 0.1) is 5.69 Å². The molecule has 0 aliphatic rings. The van der Waals surface area contributed by atoms with Crippen LogP contribution in [-0.4, -0.2) is 32.1 Å². The van der Waals surface area contributed by atoms with Crippen LogP contribution in [0.25, 0.3) is 0 Å². The molecular weight excluding hydrogens is 278 g/mol. The van der Waals surface area contributed by atoms with Crippen molar-refractivity contribution in [2.45, 2.75) is 52.0 Å². The molecule has 0 aliphatic carbocycles. The third-order valence-electron chi connectivity index (χ3n) is 3.42. The summed E-state index contributed by atoms with van der Waals surface area (Å²) in [5, 5.41) is 18.8. The van der Waals surface area contributed by atoms with Crippen LogP contribution in [0.2, 0.25) is 0 Å². The number of hydrogen-bond donors (Lipinski definition) is 3. The highest BCUT2D eigenvalue weighted by atomic mass is 32.1. The number of amides is 1. The smallest absolute Gasteiger partial charge is 0.265 e. The molecule has 1 amide bonds.